The zero-order valence-corrected chi connectivity index (χ0v) is 18.2. The van der Waals surface area contributed by atoms with Gasteiger partial charge in [-0.3, -0.25) is 4.79 Å². The van der Waals surface area contributed by atoms with Crippen LogP contribution in [-0.2, 0) is 9.53 Å². The van der Waals surface area contributed by atoms with Crippen molar-refractivity contribution in [1.82, 2.24) is 0 Å². The summed E-state index contributed by atoms with van der Waals surface area (Å²) in [4.78, 5) is 24.7. The van der Waals surface area contributed by atoms with Crippen LogP contribution >= 0.6 is 11.6 Å². The molecule has 3 aromatic rings. The number of fused-ring (bicyclic) bond motifs is 1. The predicted octanol–water partition coefficient (Wildman–Crippen LogP) is 5.57. The number of hydrogen-bond donors (Lipinski definition) is 0. The number of halogens is 1. The lowest BCUT2D eigenvalue weighted by molar-refractivity contribution is -0.154. The van der Waals surface area contributed by atoms with Crippen molar-refractivity contribution in [2.24, 2.45) is 0 Å². The number of hydrogen-bond acceptors (Lipinski definition) is 6. The zero-order chi connectivity index (χ0) is 22.0. The number of esters is 1. The van der Waals surface area contributed by atoms with Crippen molar-refractivity contribution in [1.29, 1.82) is 0 Å². The minimum Gasteiger partial charge on any atom is -0.479 e. The van der Waals surface area contributed by atoms with E-state index in [1.54, 1.807) is 51.1 Å². The van der Waals surface area contributed by atoms with Gasteiger partial charge in [-0.15, -0.1) is 0 Å². The molecular formula is C23H23ClO6. The Bertz CT molecular complexity index is 1130. The molecular weight excluding hydrogens is 408 g/mol. The topological polar surface area (TPSA) is 75.0 Å². The van der Waals surface area contributed by atoms with Gasteiger partial charge < -0.3 is 18.6 Å². The molecule has 0 aliphatic carbocycles. The highest BCUT2D eigenvalue weighted by Gasteiger charge is 2.18. The first kappa shape index (κ1) is 21.7. The maximum atomic E-state index is 12.8. The lowest BCUT2D eigenvalue weighted by Gasteiger charge is -2.16. The quantitative estimate of drug-likeness (QED) is 0.475. The lowest BCUT2D eigenvalue weighted by Crippen LogP contribution is -2.28. The Balaban J connectivity index is 1.84. The van der Waals surface area contributed by atoms with E-state index in [-0.39, 0.29) is 17.3 Å². The molecule has 0 saturated heterocycles. The molecule has 7 heteroatoms. The first-order chi connectivity index (χ1) is 14.2. The molecule has 0 unspecified atom stereocenters. The standard InChI is InChI=1S/C23H23ClO6/c1-12(2)28-23(26)15(5)29-16-6-7-18-19(10-16)27-11-20(22(18)25)30-17-8-13(3)21(24)14(4)9-17/h6-12,15H,1-5H3/t15-/m1/s1. The first-order valence-corrected chi connectivity index (χ1v) is 9.91. The van der Waals surface area contributed by atoms with E-state index >= 15 is 0 Å². The minimum atomic E-state index is -0.796. The van der Waals surface area contributed by atoms with Crippen LogP contribution < -0.4 is 14.9 Å². The van der Waals surface area contributed by atoms with Gasteiger partial charge in [-0.2, -0.15) is 0 Å². The number of carbonyl (C=O) groups excluding carboxylic acids is 1. The fourth-order valence-corrected chi connectivity index (χ4v) is 3.02. The van der Waals surface area contributed by atoms with Gasteiger partial charge in [0.1, 0.15) is 23.3 Å². The van der Waals surface area contributed by atoms with Crippen LogP contribution in [0.5, 0.6) is 17.2 Å². The molecule has 158 valence electrons. The zero-order valence-electron chi connectivity index (χ0n) is 17.4. The van der Waals surface area contributed by atoms with Crippen molar-refractivity contribution in [3.05, 3.63) is 63.0 Å². The molecule has 0 fully saturated rings. The number of aryl methyl sites for hydroxylation is 2. The summed E-state index contributed by atoms with van der Waals surface area (Å²) >= 11 is 6.18. The highest BCUT2D eigenvalue weighted by Crippen LogP contribution is 2.29. The van der Waals surface area contributed by atoms with Crippen molar-refractivity contribution >= 4 is 28.5 Å². The highest BCUT2D eigenvalue weighted by molar-refractivity contribution is 6.32. The average Bonchev–Trinajstić information content (AvgIpc) is 2.67. The number of benzene rings is 2. The van der Waals surface area contributed by atoms with Crippen LogP contribution in [0.3, 0.4) is 0 Å². The van der Waals surface area contributed by atoms with Gasteiger partial charge in [-0.05, 0) is 70.0 Å². The van der Waals surface area contributed by atoms with E-state index in [9.17, 15) is 9.59 Å². The van der Waals surface area contributed by atoms with Crippen molar-refractivity contribution in [2.75, 3.05) is 0 Å². The van der Waals surface area contributed by atoms with E-state index in [2.05, 4.69) is 0 Å². The van der Waals surface area contributed by atoms with Crippen LogP contribution in [-0.4, -0.2) is 18.2 Å². The fourth-order valence-electron chi connectivity index (χ4n) is 2.91. The molecule has 0 spiro atoms. The van der Waals surface area contributed by atoms with Gasteiger partial charge in [0.2, 0.25) is 11.2 Å². The van der Waals surface area contributed by atoms with E-state index in [0.29, 0.717) is 27.5 Å². The third-order valence-electron chi connectivity index (χ3n) is 4.35. The predicted molar refractivity (Wildman–Crippen MR) is 115 cm³/mol. The van der Waals surface area contributed by atoms with Crippen molar-refractivity contribution in [3.8, 4) is 17.2 Å². The summed E-state index contributed by atoms with van der Waals surface area (Å²) in [6, 6.07) is 8.23. The lowest BCUT2D eigenvalue weighted by atomic mass is 10.1. The summed E-state index contributed by atoms with van der Waals surface area (Å²) in [7, 11) is 0. The van der Waals surface area contributed by atoms with Gasteiger partial charge in [0.15, 0.2) is 6.10 Å². The molecule has 30 heavy (non-hydrogen) atoms. The van der Waals surface area contributed by atoms with Crippen LogP contribution in [0.4, 0.5) is 0 Å². The second-order valence-electron chi connectivity index (χ2n) is 7.31. The number of rotatable bonds is 6. The molecule has 1 heterocycles. The first-order valence-electron chi connectivity index (χ1n) is 9.53. The summed E-state index contributed by atoms with van der Waals surface area (Å²) < 4.78 is 22.1. The van der Waals surface area contributed by atoms with Crippen molar-refractivity contribution in [2.45, 2.75) is 46.8 Å². The molecule has 6 nitrogen and oxygen atoms in total. The third-order valence-corrected chi connectivity index (χ3v) is 4.95. The monoisotopic (exact) mass is 430 g/mol. The van der Waals surface area contributed by atoms with Gasteiger partial charge in [0.05, 0.1) is 11.5 Å². The molecule has 0 aliphatic heterocycles. The molecule has 1 atom stereocenters. The van der Waals surface area contributed by atoms with Gasteiger partial charge in [0, 0.05) is 11.1 Å². The van der Waals surface area contributed by atoms with Crippen LogP contribution in [0, 0.1) is 13.8 Å². The Morgan fingerprint density at radius 1 is 1.03 bits per heavy atom. The maximum Gasteiger partial charge on any atom is 0.347 e. The molecule has 0 radical (unpaired) electrons. The molecule has 3 rings (SSSR count). The summed E-state index contributed by atoms with van der Waals surface area (Å²) in [6.45, 7) is 8.86. The summed E-state index contributed by atoms with van der Waals surface area (Å²) in [5.41, 5.74) is 1.70. The molecule has 0 N–H and O–H groups in total. The smallest absolute Gasteiger partial charge is 0.347 e. The highest BCUT2D eigenvalue weighted by atomic mass is 35.5. The molecule has 1 aromatic heterocycles. The van der Waals surface area contributed by atoms with Gasteiger partial charge >= 0.3 is 5.97 Å². The second kappa shape index (κ2) is 8.79. The Morgan fingerprint density at radius 2 is 1.70 bits per heavy atom. The van der Waals surface area contributed by atoms with Gasteiger partial charge in [0.25, 0.3) is 0 Å². The Morgan fingerprint density at radius 3 is 2.33 bits per heavy atom. The van der Waals surface area contributed by atoms with Crippen LogP contribution in [0.1, 0.15) is 31.9 Å². The molecule has 0 amide bonds. The number of carbonyl (C=O) groups is 1. The summed E-state index contributed by atoms with van der Waals surface area (Å²) in [5, 5.41) is 0.992. The summed E-state index contributed by atoms with van der Waals surface area (Å²) in [6.07, 6.45) is 0.227. The average molecular weight is 431 g/mol. The van der Waals surface area contributed by atoms with Crippen LogP contribution in [0.2, 0.25) is 5.02 Å². The SMILES string of the molecule is Cc1cc(Oc2coc3cc(O[C@H](C)C(=O)OC(C)C)ccc3c2=O)cc(C)c1Cl. The van der Waals surface area contributed by atoms with E-state index in [1.807, 2.05) is 13.8 Å². The molecule has 0 saturated carbocycles. The molecule has 0 bridgehead atoms. The van der Waals surface area contributed by atoms with E-state index < -0.39 is 12.1 Å². The third kappa shape index (κ3) is 4.76. The Hall–Kier alpha value is -2.99. The largest absolute Gasteiger partial charge is 0.479 e. The Labute approximate surface area is 179 Å². The molecule has 2 aromatic carbocycles. The molecule has 0 aliphatic rings. The normalized spacial score (nSPS) is 12.1. The van der Waals surface area contributed by atoms with E-state index in [1.165, 1.54) is 6.26 Å². The van der Waals surface area contributed by atoms with Crippen LogP contribution in [0.25, 0.3) is 11.0 Å². The second-order valence-corrected chi connectivity index (χ2v) is 7.68. The van der Waals surface area contributed by atoms with Gasteiger partial charge in [-0.1, -0.05) is 11.6 Å². The van der Waals surface area contributed by atoms with E-state index in [4.69, 9.17) is 30.2 Å². The summed E-state index contributed by atoms with van der Waals surface area (Å²) in [5.74, 6) is 0.477. The van der Waals surface area contributed by atoms with Gasteiger partial charge in [-0.25, -0.2) is 4.79 Å². The minimum absolute atomic E-state index is 0.0613. The fraction of sp³-hybridized carbons (Fsp3) is 0.304. The maximum absolute atomic E-state index is 12.8. The van der Waals surface area contributed by atoms with E-state index in [0.717, 1.165) is 11.1 Å². The van der Waals surface area contributed by atoms with Crippen molar-refractivity contribution < 1.29 is 23.4 Å². The number of ether oxygens (including phenoxy) is 3. The van der Waals surface area contributed by atoms with Crippen LogP contribution in [0.15, 0.2) is 45.8 Å². The van der Waals surface area contributed by atoms with Crippen molar-refractivity contribution in [3.63, 3.8) is 0 Å². The Kier molecular flexibility index (Phi) is 6.37.